The topological polar surface area (TPSA) is 60.9 Å². The van der Waals surface area contributed by atoms with Crippen molar-refractivity contribution in [2.24, 2.45) is 0 Å². The third-order valence-electron chi connectivity index (χ3n) is 3.80. The van der Waals surface area contributed by atoms with Gasteiger partial charge < -0.3 is 4.42 Å². The summed E-state index contributed by atoms with van der Waals surface area (Å²) in [5.74, 6) is 1.08. The molecule has 2 aromatic heterocycles. The first kappa shape index (κ1) is 13.8. The minimum atomic E-state index is -0.144. The quantitative estimate of drug-likeness (QED) is 0.680. The molecule has 4 rings (SSSR count). The van der Waals surface area contributed by atoms with Gasteiger partial charge in [-0.25, -0.2) is 4.98 Å². The first-order valence-corrected chi connectivity index (χ1v) is 7.75. The Labute approximate surface area is 135 Å². The van der Waals surface area contributed by atoms with Gasteiger partial charge in [-0.1, -0.05) is 23.2 Å². The molecule has 0 saturated carbocycles. The van der Waals surface area contributed by atoms with Crippen LogP contribution in [-0.2, 0) is 13.0 Å². The van der Waals surface area contributed by atoms with Crippen LogP contribution in [-0.4, -0.2) is 14.5 Å². The molecule has 0 N–H and O–H groups in total. The zero-order valence-electron chi connectivity index (χ0n) is 11.5. The van der Waals surface area contributed by atoms with Gasteiger partial charge >= 0.3 is 0 Å². The smallest absolute Gasteiger partial charge is 0.283 e. The highest BCUT2D eigenvalue weighted by molar-refractivity contribution is 6.42. The summed E-state index contributed by atoms with van der Waals surface area (Å²) < 4.78 is 7.35. The maximum Gasteiger partial charge on any atom is 0.283 e. The van der Waals surface area contributed by atoms with Crippen LogP contribution in [0.2, 0.25) is 10.0 Å². The van der Waals surface area contributed by atoms with Gasteiger partial charge in [-0.05, 0) is 31.0 Å². The number of nitrogens with zero attached hydrogens (tertiary/aromatic N) is 3. The molecule has 3 aromatic rings. The van der Waals surface area contributed by atoms with Crippen LogP contribution < -0.4 is 5.56 Å². The Kier molecular flexibility index (Phi) is 3.20. The summed E-state index contributed by atoms with van der Waals surface area (Å²) in [5, 5.41) is 0.862. The molecule has 0 unspecified atom stereocenters. The van der Waals surface area contributed by atoms with Crippen molar-refractivity contribution in [3.63, 3.8) is 0 Å². The van der Waals surface area contributed by atoms with Gasteiger partial charge in [0.1, 0.15) is 5.82 Å². The maximum atomic E-state index is 12.5. The van der Waals surface area contributed by atoms with E-state index in [1.54, 1.807) is 22.8 Å². The summed E-state index contributed by atoms with van der Waals surface area (Å²) in [6, 6.07) is 5.07. The van der Waals surface area contributed by atoms with Crippen LogP contribution in [0.1, 0.15) is 18.7 Å². The molecule has 0 bridgehead atoms. The van der Waals surface area contributed by atoms with E-state index in [4.69, 9.17) is 27.6 Å². The second kappa shape index (κ2) is 5.11. The highest BCUT2D eigenvalue weighted by atomic mass is 35.5. The van der Waals surface area contributed by atoms with Crippen molar-refractivity contribution in [1.29, 1.82) is 0 Å². The Morgan fingerprint density at radius 2 is 2.00 bits per heavy atom. The van der Waals surface area contributed by atoms with Crippen molar-refractivity contribution in [3.05, 3.63) is 44.4 Å². The molecule has 1 aliphatic rings. The number of rotatable bonds is 1. The fourth-order valence-corrected chi connectivity index (χ4v) is 2.98. The van der Waals surface area contributed by atoms with Gasteiger partial charge in [0.05, 0.1) is 10.0 Å². The highest BCUT2D eigenvalue weighted by Crippen LogP contribution is 2.29. The third-order valence-corrected chi connectivity index (χ3v) is 4.54. The van der Waals surface area contributed by atoms with Gasteiger partial charge in [-0.15, -0.1) is 0 Å². The van der Waals surface area contributed by atoms with Gasteiger partial charge in [0.2, 0.25) is 5.89 Å². The Bertz CT molecular complexity index is 946. The van der Waals surface area contributed by atoms with Crippen LogP contribution in [0.5, 0.6) is 0 Å². The molecular formula is C15H11Cl2N3O2. The number of aryl methyl sites for hydroxylation is 1. The van der Waals surface area contributed by atoms with Crippen molar-refractivity contribution in [3.8, 4) is 11.5 Å². The number of benzene rings is 1. The molecule has 5 nitrogen and oxygen atoms in total. The Morgan fingerprint density at radius 1 is 1.14 bits per heavy atom. The summed E-state index contributed by atoms with van der Waals surface area (Å²) in [6.45, 7) is 0.687. The van der Waals surface area contributed by atoms with E-state index in [0.717, 1.165) is 25.1 Å². The van der Waals surface area contributed by atoms with Gasteiger partial charge in [0, 0.05) is 18.5 Å². The molecule has 7 heteroatoms. The molecule has 1 aromatic carbocycles. The minimum Gasteiger partial charge on any atom is -0.417 e. The second-order valence-corrected chi connectivity index (χ2v) is 6.06. The normalized spacial score (nSPS) is 14.3. The van der Waals surface area contributed by atoms with E-state index < -0.39 is 0 Å². The largest absolute Gasteiger partial charge is 0.417 e. The van der Waals surface area contributed by atoms with Crippen LogP contribution >= 0.6 is 23.2 Å². The zero-order valence-corrected chi connectivity index (χ0v) is 13.0. The van der Waals surface area contributed by atoms with E-state index in [2.05, 4.69) is 9.97 Å². The molecule has 22 heavy (non-hydrogen) atoms. The molecule has 0 radical (unpaired) electrons. The minimum absolute atomic E-state index is 0.144. The Morgan fingerprint density at radius 3 is 2.82 bits per heavy atom. The van der Waals surface area contributed by atoms with Crippen LogP contribution in [0.15, 0.2) is 27.4 Å². The maximum absolute atomic E-state index is 12.5. The van der Waals surface area contributed by atoms with E-state index >= 15 is 0 Å². The zero-order chi connectivity index (χ0) is 15.3. The standard InChI is InChI=1S/C15H11Cl2N3O2/c16-9-5-4-8(7-10(9)17)13-19-12-14(22-13)18-11-3-1-2-6-20(11)15(12)21/h4-5,7H,1-3,6H2. The number of fused-ring (bicyclic) bond motifs is 2. The number of oxazole rings is 1. The van der Waals surface area contributed by atoms with Crippen LogP contribution in [0.3, 0.4) is 0 Å². The van der Waals surface area contributed by atoms with Gasteiger partial charge in [-0.2, -0.15) is 4.98 Å². The van der Waals surface area contributed by atoms with E-state index in [1.807, 2.05) is 0 Å². The lowest BCUT2D eigenvalue weighted by Gasteiger charge is -2.15. The molecule has 0 atom stereocenters. The number of aromatic nitrogens is 3. The van der Waals surface area contributed by atoms with E-state index in [-0.39, 0.29) is 16.8 Å². The highest BCUT2D eigenvalue weighted by Gasteiger charge is 2.19. The average Bonchev–Trinajstić information content (AvgIpc) is 2.94. The van der Waals surface area contributed by atoms with Crippen molar-refractivity contribution in [2.45, 2.75) is 25.8 Å². The molecule has 0 saturated heterocycles. The number of halogens is 2. The van der Waals surface area contributed by atoms with Crippen LogP contribution in [0, 0.1) is 0 Å². The van der Waals surface area contributed by atoms with Gasteiger partial charge in [0.25, 0.3) is 11.3 Å². The SMILES string of the molecule is O=c1c2nc(-c3ccc(Cl)c(Cl)c3)oc2nc2n1CCCC2. The summed E-state index contributed by atoms with van der Waals surface area (Å²) in [4.78, 5) is 21.2. The Balaban J connectivity index is 1.92. The van der Waals surface area contributed by atoms with E-state index in [9.17, 15) is 4.79 Å². The van der Waals surface area contributed by atoms with Gasteiger partial charge in [0.15, 0.2) is 5.52 Å². The van der Waals surface area contributed by atoms with Crippen molar-refractivity contribution in [2.75, 3.05) is 0 Å². The number of hydrogen-bond donors (Lipinski definition) is 0. The molecule has 112 valence electrons. The Hall–Kier alpha value is -1.85. The second-order valence-electron chi connectivity index (χ2n) is 5.24. The first-order valence-electron chi connectivity index (χ1n) is 6.99. The summed E-state index contributed by atoms with van der Waals surface area (Å²) in [7, 11) is 0. The molecule has 3 heterocycles. The lowest BCUT2D eigenvalue weighted by Crippen LogP contribution is -2.28. The molecule has 1 aliphatic heterocycles. The molecule has 0 amide bonds. The predicted octanol–water partition coefficient (Wildman–Crippen LogP) is 3.69. The monoisotopic (exact) mass is 335 g/mol. The lowest BCUT2D eigenvalue weighted by molar-refractivity contribution is 0.494. The van der Waals surface area contributed by atoms with Gasteiger partial charge in [-0.3, -0.25) is 9.36 Å². The summed E-state index contributed by atoms with van der Waals surface area (Å²) in [6.07, 6.45) is 2.80. The third kappa shape index (κ3) is 2.12. The van der Waals surface area contributed by atoms with Crippen LogP contribution in [0.25, 0.3) is 22.7 Å². The fourth-order valence-electron chi connectivity index (χ4n) is 2.68. The molecule has 0 aliphatic carbocycles. The molecule has 0 fully saturated rings. The number of hydrogen-bond acceptors (Lipinski definition) is 4. The van der Waals surface area contributed by atoms with Crippen molar-refractivity contribution >= 4 is 34.4 Å². The first-order chi connectivity index (χ1) is 10.6. The van der Waals surface area contributed by atoms with Crippen LogP contribution in [0.4, 0.5) is 0 Å². The molecule has 0 spiro atoms. The lowest BCUT2D eigenvalue weighted by atomic mass is 10.1. The fraction of sp³-hybridized carbons (Fsp3) is 0.267. The van der Waals surface area contributed by atoms with Crippen molar-refractivity contribution in [1.82, 2.24) is 14.5 Å². The van der Waals surface area contributed by atoms with E-state index in [1.165, 1.54) is 0 Å². The van der Waals surface area contributed by atoms with E-state index in [0.29, 0.717) is 28.0 Å². The van der Waals surface area contributed by atoms with Crippen molar-refractivity contribution < 1.29 is 4.42 Å². The predicted molar refractivity (Wildman–Crippen MR) is 84.5 cm³/mol. The summed E-state index contributed by atoms with van der Waals surface area (Å²) >= 11 is 11.9. The summed E-state index contributed by atoms with van der Waals surface area (Å²) in [5.41, 5.74) is 1.05. The molecular weight excluding hydrogens is 325 g/mol. The average molecular weight is 336 g/mol.